The van der Waals surface area contributed by atoms with Gasteiger partial charge in [0, 0.05) is 15.7 Å². The van der Waals surface area contributed by atoms with Crippen molar-refractivity contribution in [3.63, 3.8) is 0 Å². The van der Waals surface area contributed by atoms with Crippen LogP contribution in [0.5, 0.6) is 11.5 Å². The lowest BCUT2D eigenvalue weighted by Gasteiger charge is -2.15. The number of carbonyl (C=O) groups excluding carboxylic acids is 2. The summed E-state index contributed by atoms with van der Waals surface area (Å²) >= 11 is 11.8. The zero-order valence-electron chi connectivity index (χ0n) is 14.3. The fraction of sp³-hybridized carbons (Fsp3) is 0.222. The highest BCUT2D eigenvalue weighted by molar-refractivity contribution is 6.35. The van der Waals surface area contributed by atoms with E-state index in [-0.39, 0.29) is 5.56 Å². The molecule has 0 saturated carbocycles. The summed E-state index contributed by atoms with van der Waals surface area (Å²) in [6.45, 7) is 1.46. The van der Waals surface area contributed by atoms with E-state index in [1.807, 2.05) is 0 Å². The van der Waals surface area contributed by atoms with E-state index in [0.29, 0.717) is 27.2 Å². The van der Waals surface area contributed by atoms with Crippen molar-refractivity contribution in [1.82, 2.24) is 0 Å². The lowest BCUT2D eigenvalue weighted by molar-refractivity contribution is -0.123. The van der Waals surface area contributed by atoms with Crippen molar-refractivity contribution in [3.8, 4) is 11.5 Å². The third-order valence-corrected chi connectivity index (χ3v) is 3.84. The van der Waals surface area contributed by atoms with Crippen molar-refractivity contribution in [2.75, 3.05) is 19.5 Å². The maximum atomic E-state index is 12.2. The van der Waals surface area contributed by atoms with Crippen molar-refractivity contribution in [1.29, 1.82) is 0 Å². The van der Waals surface area contributed by atoms with E-state index < -0.39 is 18.0 Å². The zero-order valence-corrected chi connectivity index (χ0v) is 15.9. The quantitative estimate of drug-likeness (QED) is 0.739. The molecular formula is C18H17Cl2NO5. The molecule has 0 aliphatic carbocycles. The molecule has 2 rings (SSSR count). The standard InChI is InChI=1S/C18H17Cl2NO5/c1-10(17(22)21-14-8-12(19)7-13(20)9-14)26-18(23)11-4-5-15(24-2)16(6-11)25-3/h4-10H,1-3H3,(H,21,22). The monoisotopic (exact) mass is 397 g/mol. The average Bonchev–Trinajstić information content (AvgIpc) is 2.59. The minimum Gasteiger partial charge on any atom is -0.493 e. The first kappa shape index (κ1) is 19.9. The molecule has 0 fully saturated rings. The summed E-state index contributed by atoms with van der Waals surface area (Å²) in [5, 5.41) is 3.35. The van der Waals surface area contributed by atoms with E-state index in [2.05, 4.69) is 5.32 Å². The number of carbonyl (C=O) groups is 2. The van der Waals surface area contributed by atoms with Crippen LogP contribution in [0.3, 0.4) is 0 Å². The number of ether oxygens (including phenoxy) is 3. The van der Waals surface area contributed by atoms with Gasteiger partial charge < -0.3 is 19.5 Å². The highest BCUT2D eigenvalue weighted by Crippen LogP contribution is 2.28. The second-order valence-electron chi connectivity index (χ2n) is 5.26. The Labute approximate surface area is 160 Å². The predicted octanol–water partition coefficient (Wildman–Crippen LogP) is 4.19. The first-order valence-electron chi connectivity index (χ1n) is 7.54. The van der Waals surface area contributed by atoms with Crippen molar-refractivity contribution in [2.24, 2.45) is 0 Å². The number of hydrogen-bond acceptors (Lipinski definition) is 5. The molecule has 1 N–H and O–H groups in total. The summed E-state index contributed by atoms with van der Waals surface area (Å²) in [7, 11) is 2.95. The Morgan fingerprint density at radius 1 is 0.962 bits per heavy atom. The van der Waals surface area contributed by atoms with Crippen LogP contribution < -0.4 is 14.8 Å². The Hall–Kier alpha value is -2.44. The van der Waals surface area contributed by atoms with Gasteiger partial charge in [0.15, 0.2) is 17.6 Å². The van der Waals surface area contributed by atoms with Gasteiger partial charge in [-0.25, -0.2) is 4.79 Å². The normalized spacial score (nSPS) is 11.4. The largest absolute Gasteiger partial charge is 0.493 e. The van der Waals surface area contributed by atoms with Crippen LogP contribution in [0.25, 0.3) is 0 Å². The predicted molar refractivity (Wildman–Crippen MR) is 99.5 cm³/mol. The second kappa shape index (κ2) is 8.78. The third-order valence-electron chi connectivity index (χ3n) is 3.40. The molecule has 0 radical (unpaired) electrons. The van der Waals surface area contributed by atoms with Crippen LogP contribution in [-0.4, -0.2) is 32.2 Å². The maximum absolute atomic E-state index is 12.2. The van der Waals surface area contributed by atoms with Gasteiger partial charge in [-0.15, -0.1) is 0 Å². The van der Waals surface area contributed by atoms with Crippen molar-refractivity contribution >= 4 is 40.8 Å². The number of anilines is 1. The second-order valence-corrected chi connectivity index (χ2v) is 6.14. The molecule has 2 aromatic rings. The molecule has 1 unspecified atom stereocenters. The van der Waals surface area contributed by atoms with Crippen LogP contribution in [0.4, 0.5) is 5.69 Å². The van der Waals surface area contributed by atoms with Gasteiger partial charge in [-0.2, -0.15) is 0 Å². The third kappa shape index (κ3) is 5.03. The number of halogens is 2. The Bertz CT molecular complexity index is 805. The highest BCUT2D eigenvalue weighted by atomic mass is 35.5. The molecule has 0 bridgehead atoms. The molecule has 1 amide bonds. The number of rotatable bonds is 6. The van der Waals surface area contributed by atoms with Crippen LogP contribution in [0.15, 0.2) is 36.4 Å². The summed E-state index contributed by atoms with van der Waals surface area (Å²) in [5.74, 6) is -0.324. The highest BCUT2D eigenvalue weighted by Gasteiger charge is 2.20. The molecule has 0 spiro atoms. The minimum absolute atomic E-state index is 0.230. The van der Waals surface area contributed by atoms with Gasteiger partial charge in [0.25, 0.3) is 5.91 Å². The Kier molecular flexibility index (Phi) is 6.71. The number of methoxy groups -OCH3 is 2. The first-order chi connectivity index (χ1) is 12.3. The van der Waals surface area contributed by atoms with Gasteiger partial charge in [0.05, 0.1) is 19.8 Å². The van der Waals surface area contributed by atoms with Gasteiger partial charge in [0.2, 0.25) is 0 Å². The molecule has 6 nitrogen and oxygen atoms in total. The lowest BCUT2D eigenvalue weighted by Crippen LogP contribution is -2.30. The van der Waals surface area contributed by atoms with E-state index >= 15 is 0 Å². The SMILES string of the molecule is COc1ccc(C(=O)OC(C)C(=O)Nc2cc(Cl)cc(Cl)c2)cc1OC. The average molecular weight is 398 g/mol. The number of nitrogens with one attached hydrogen (secondary N) is 1. The van der Waals surface area contributed by atoms with E-state index in [4.69, 9.17) is 37.4 Å². The fourth-order valence-corrected chi connectivity index (χ4v) is 2.64. The molecule has 0 saturated heterocycles. The molecule has 0 aliphatic rings. The van der Waals surface area contributed by atoms with E-state index in [1.165, 1.54) is 45.4 Å². The summed E-state index contributed by atoms with van der Waals surface area (Å²) in [5.41, 5.74) is 0.634. The van der Waals surface area contributed by atoms with Gasteiger partial charge in [-0.3, -0.25) is 4.79 Å². The fourth-order valence-electron chi connectivity index (χ4n) is 2.12. The van der Waals surface area contributed by atoms with Gasteiger partial charge in [-0.1, -0.05) is 23.2 Å². The lowest BCUT2D eigenvalue weighted by atomic mass is 10.2. The molecule has 8 heteroatoms. The molecule has 26 heavy (non-hydrogen) atoms. The van der Waals surface area contributed by atoms with Crippen LogP contribution in [-0.2, 0) is 9.53 Å². The number of hydrogen-bond donors (Lipinski definition) is 1. The van der Waals surface area contributed by atoms with E-state index in [9.17, 15) is 9.59 Å². The molecular weight excluding hydrogens is 381 g/mol. The van der Waals surface area contributed by atoms with Gasteiger partial charge in [-0.05, 0) is 43.3 Å². The minimum atomic E-state index is -1.03. The Morgan fingerprint density at radius 3 is 2.15 bits per heavy atom. The summed E-state index contributed by atoms with van der Waals surface area (Å²) in [6.07, 6.45) is -1.03. The van der Waals surface area contributed by atoms with Crippen molar-refractivity contribution in [2.45, 2.75) is 13.0 Å². The molecule has 0 aliphatic heterocycles. The van der Waals surface area contributed by atoms with Crippen LogP contribution in [0.1, 0.15) is 17.3 Å². The number of esters is 1. The Morgan fingerprint density at radius 2 is 1.58 bits per heavy atom. The molecule has 0 heterocycles. The molecule has 1 atom stereocenters. The van der Waals surface area contributed by atoms with Crippen LogP contribution in [0.2, 0.25) is 10.0 Å². The topological polar surface area (TPSA) is 73.9 Å². The van der Waals surface area contributed by atoms with Gasteiger partial charge >= 0.3 is 5.97 Å². The van der Waals surface area contributed by atoms with Crippen LogP contribution in [0, 0.1) is 0 Å². The zero-order chi connectivity index (χ0) is 19.3. The number of amides is 1. The number of benzene rings is 2. The van der Waals surface area contributed by atoms with E-state index in [0.717, 1.165) is 0 Å². The smallest absolute Gasteiger partial charge is 0.339 e. The summed E-state index contributed by atoms with van der Waals surface area (Å²) < 4.78 is 15.4. The van der Waals surface area contributed by atoms with Gasteiger partial charge in [0.1, 0.15) is 0 Å². The van der Waals surface area contributed by atoms with Crippen molar-refractivity contribution < 1.29 is 23.8 Å². The molecule has 138 valence electrons. The molecule has 2 aromatic carbocycles. The van der Waals surface area contributed by atoms with Crippen molar-refractivity contribution in [3.05, 3.63) is 52.0 Å². The van der Waals surface area contributed by atoms with E-state index in [1.54, 1.807) is 12.1 Å². The summed E-state index contributed by atoms with van der Waals surface area (Å²) in [6, 6.07) is 9.18. The Balaban J connectivity index is 2.05. The first-order valence-corrected chi connectivity index (χ1v) is 8.29. The maximum Gasteiger partial charge on any atom is 0.339 e. The molecule has 0 aromatic heterocycles. The van der Waals surface area contributed by atoms with Crippen LogP contribution >= 0.6 is 23.2 Å². The summed E-state index contributed by atoms with van der Waals surface area (Å²) in [4.78, 5) is 24.5.